The van der Waals surface area contributed by atoms with Crippen LogP contribution in [0.5, 0.6) is 11.6 Å². The number of rotatable bonds is 5. The van der Waals surface area contributed by atoms with Gasteiger partial charge in [0.2, 0.25) is 11.6 Å². The molecule has 1 aromatic heterocycles. The number of carbonyl (C=O) groups is 1. The van der Waals surface area contributed by atoms with Crippen LogP contribution in [0.25, 0.3) is 0 Å². The van der Waals surface area contributed by atoms with E-state index in [1.807, 2.05) is 35.2 Å². The number of ether oxygens (including phenoxy) is 3. The number of nitrogens with zero attached hydrogens (tertiary/aromatic N) is 2. The summed E-state index contributed by atoms with van der Waals surface area (Å²) in [6, 6.07) is 10.9. The molecule has 4 rings (SSSR count). The van der Waals surface area contributed by atoms with Crippen molar-refractivity contribution in [2.45, 2.75) is 25.1 Å². The molecule has 0 spiro atoms. The van der Waals surface area contributed by atoms with Gasteiger partial charge in [0.25, 0.3) is 5.91 Å². The molecular formula is C21H23N3O5. The van der Waals surface area contributed by atoms with Crippen molar-refractivity contribution >= 4 is 11.6 Å². The summed E-state index contributed by atoms with van der Waals surface area (Å²) in [5.41, 5.74) is 1.81. The molecule has 2 unspecified atom stereocenters. The maximum Gasteiger partial charge on any atom is 0.288 e. The van der Waals surface area contributed by atoms with E-state index in [4.69, 9.17) is 14.2 Å². The van der Waals surface area contributed by atoms with Gasteiger partial charge in [-0.2, -0.15) is 0 Å². The molecule has 2 aromatic rings. The molecular weight excluding hydrogens is 374 g/mol. The molecule has 2 aliphatic rings. The van der Waals surface area contributed by atoms with E-state index >= 15 is 0 Å². The molecule has 29 heavy (non-hydrogen) atoms. The Morgan fingerprint density at radius 3 is 2.97 bits per heavy atom. The first-order chi connectivity index (χ1) is 14.1. The van der Waals surface area contributed by atoms with E-state index in [0.717, 1.165) is 11.3 Å². The first-order valence-electron chi connectivity index (χ1n) is 9.45. The normalized spacial score (nSPS) is 20.9. The van der Waals surface area contributed by atoms with E-state index < -0.39 is 6.10 Å². The van der Waals surface area contributed by atoms with Gasteiger partial charge < -0.3 is 29.5 Å². The number of methoxy groups -OCH3 is 1. The van der Waals surface area contributed by atoms with Gasteiger partial charge >= 0.3 is 0 Å². The molecule has 8 heteroatoms. The summed E-state index contributed by atoms with van der Waals surface area (Å²) < 4.78 is 16.2. The number of benzene rings is 1. The van der Waals surface area contributed by atoms with Crippen molar-refractivity contribution in [1.82, 2.24) is 10.3 Å². The van der Waals surface area contributed by atoms with Gasteiger partial charge in [0.1, 0.15) is 0 Å². The van der Waals surface area contributed by atoms with Crippen LogP contribution in [-0.2, 0) is 16.1 Å². The lowest BCUT2D eigenvalue weighted by molar-refractivity contribution is -0.122. The zero-order chi connectivity index (χ0) is 20.2. The monoisotopic (exact) mass is 397 g/mol. The molecule has 0 bridgehead atoms. The van der Waals surface area contributed by atoms with Gasteiger partial charge in [-0.3, -0.25) is 4.79 Å². The van der Waals surface area contributed by atoms with Crippen LogP contribution in [0.1, 0.15) is 12.0 Å². The summed E-state index contributed by atoms with van der Waals surface area (Å²) in [6.45, 7) is 1.22. The maximum atomic E-state index is 12.8. The fourth-order valence-corrected chi connectivity index (χ4v) is 3.33. The Morgan fingerprint density at radius 2 is 2.21 bits per heavy atom. The van der Waals surface area contributed by atoms with Crippen LogP contribution in [0.15, 0.2) is 54.6 Å². The third kappa shape index (κ3) is 4.33. The highest BCUT2D eigenvalue weighted by Gasteiger charge is 2.29. The second-order valence-corrected chi connectivity index (χ2v) is 6.91. The summed E-state index contributed by atoms with van der Waals surface area (Å²) in [7, 11) is 1.57. The van der Waals surface area contributed by atoms with Crippen molar-refractivity contribution in [2.24, 2.45) is 0 Å². The quantitative estimate of drug-likeness (QED) is 0.792. The van der Waals surface area contributed by atoms with Gasteiger partial charge in [-0.05, 0) is 24.1 Å². The number of aromatic nitrogens is 1. The first-order valence-corrected chi connectivity index (χ1v) is 9.45. The van der Waals surface area contributed by atoms with Crippen LogP contribution < -0.4 is 19.7 Å². The highest BCUT2D eigenvalue weighted by Crippen LogP contribution is 2.35. The molecule has 2 aliphatic heterocycles. The second kappa shape index (κ2) is 8.50. The Kier molecular flexibility index (Phi) is 5.64. The van der Waals surface area contributed by atoms with Gasteiger partial charge in [0.05, 0.1) is 37.7 Å². The zero-order valence-electron chi connectivity index (χ0n) is 16.1. The molecule has 1 fully saturated rings. The molecule has 0 radical (unpaired) electrons. The molecule has 2 N–H and O–H groups in total. The van der Waals surface area contributed by atoms with Crippen LogP contribution in [0.3, 0.4) is 0 Å². The van der Waals surface area contributed by atoms with Gasteiger partial charge in [0.15, 0.2) is 5.75 Å². The number of para-hydroxylation sites is 2. The minimum atomic E-state index is -0.731. The Hall–Kier alpha value is -3.10. The molecule has 2 atom stereocenters. The zero-order valence-corrected chi connectivity index (χ0v) is 16.1. The minimum Gasteiger partial charge on any atom is -0.481 e. The molecule has 152 valence electrons. The summed E-state index contributed by atoms with van der Waals surface area (Å²) in [5, 5.41) is 12.9. The van der Waals surface area contributed by atoms with Crippen molar-refractivity contribution in [3.8, 4) is 11.6 Å². The number of carbonyl (C=O) groups excluding carboxylic acids is 1. The molecule has 1 saturated heterocycles. The minimum absolute atomic E-state index is 0.170. The first kappa shape index (κ1) is 19.2. The van der Waals surface area contributed by atoms with E-state index in [1.54, 1.807) is 25.6 Å². The number of fused-ring (bicyclic) bond motifs is 1. The number of aliphatic hydroxyl groups is 1. The third-order valence-corrected chi connectivity index (χ3v) is 4.89. The van der Waals surface area contributed by atoms with Crippen LogP contribution in [0.2, 0.25) is 0 Å². The van der Waals surface area contributed by atoms with Gasteiger partial charge in [0, 0.05) is 25.4 Å². The number of anilines is 1. The van der Waals surface area contributed by atoms with E-state index in [0.29, 0.717) is 31.2 Å². The summed E-state index contributed by atoms with van der Waals surface area (Å²) in [4.78, 5) is 19.0. The van der Waals surface area contributed by atoms with Crippen LogP contribution in [-0.4, -0.2) is 48.5 Å². The lowest BCUT2D eigenvalue weighted by atomic mass is 10.1. The van der Waals surface area contributed by atoms with E-state index in [9.17, 15) is 9.90 Å². The van der Waals surface area contributed by atoms with E-state index in [2.05, 4.69) is 10.3 Å². The smallest absolute Gasteiger partial charge is 0.288 e. The molecule has 0 aliphatic carbocycles. The SMILES string of the molecule is COc1ccc(CN2C=C(C(=O)NC3CCOCC3O)Oc3ccccc32)cn1. The summed E-state index contributed by atoms with van der Waals surface area (Å²) in [6.07, 6.45) is 3.24. The number of hydrogen-bond acceptors (Lipinski definition) is 7. The predicted molar refractivity (Wildman–Crippen MR) is 105 cm³/mol. The average molecular weight is 397 g/mol. The van der Waals surface area contributed by atoms with Crippen LogP contribution in [0.4, 0.5) is 5.69 Å². The Balaban J connectivity index is 1.55. The third-order valence-electron chi connectivity index (χ3n) is 4.89. The van der Waals surface area contributed by atoms with Crippen molar-refractivity contribution in [2.75, 3.05) is 25.2 Å². The van der Waals surface area contributed by atoms with Gasteiger partial charge in [-0.1, -0.05) is 18.2 Å². The van der Waals surface area contributed by atoms with Gasteiger partial charge in [-0.25, -0.2) is 4.98 Å². The number of pyridine rings is 1. The molecule has 1 amide bonds. The molecule has 0 saturated carbocycles. The van der Waals surface area contributed by atoms with Gasteiger partial charge in [-0.15, -0.1) is 0 Å². The molecule has 1 aromatic carbocycles. The van der Waals surface area contributed by atoms with Crippen molar-refractivity contribution < 1.29 is 24.1 Å². The average Bonchev–Trinajstić information content (AvgIpc) is 2.76. The Morgan fingerprint density at radius 1 is 1.34 bits per heavy atom. The van der Waals surface area contributed by atoms with Crippen LogP contribution >= 0.6 is 0 Å². The summed E-state index contributed by atoms with van der Waals surface area (Å²) >= 11 is 0. The van der Waals surface area contributed by atoms with Crippen molar-refractivity contribution in [3.05, 3.63) is 60.1 Å². The van der Waals surface area contributed by atoms with E-state index in [-0.39, 0.29) is 24.3 Å². The topological polar surface area (TPSA) is 93.2 Å². The lowest BCUT2D eigenvalue weighted by Gasteiger charge is -2.31. The number of hydrogen-bond donors (Lipinski definition) is 2. The fourth-order valence-electron chi connectivity index (χ4n) is 3.33. The van der Waals surface area contributed by atoms with Crippen LogP contribution in [0, 0.1) is 0 Å². The standard InChI is InChI=1S/C21H23N3O5/c1-27-20-7-6-14(10-22-20)11-24-12-19(29-18-5-3-2-4-16(18)24)21(26)23-15-8-9-28-13-17(15)25/h2-7,10,12,15,17,25H,8-9,11,13H2,1H3,(H,23,26). The number of aliphatic hydroxyl groups excluding tert-OH is 1. The molecule has 3 heterocycles. The highest BCUT2D eigenvalue weighted by atomic mass is 16.5. The maximum absolute atomic E-state index is 12.8. The largest absolute Gasteiger partial charge is 0.481 e. The van der Waals surface area contributed by atoms with Crippen molar-refractivity contribution in [3.63, 3.8) is 0 Å². The van der Waals surface area contributed by atoms with Crippen molar-refractivity contribution in [1.29, 1.82) is 0 Å². The number of amides is 1. The predicted octanol–water partition coefficient (Wildman–Crippen LogP) is 1.60. The Labute approximate surface area is 168 Å². The second-order valence-electron chi connectivity index (χ2n) is 6.91. The fraction of sp³-hybridized carbons (Fsp3) is 0.333. The Bertz CT molecular complexity index is 899. The summed E-state index contributed by atoms with van der Waals surface area (Å²) in [5.74, 6) is 0.933. The lowest BCUT2D eigenvalue weighted by Crippen LogP contribution is -2.49. The molecule has 8 nitrogen and oxygen atoms in total. The van der Waals surface area contributed by atoms with E-state index in [1.165, 1.54) is 0 Å². The number of nitrogens with one attached hydrogen (secondary N) is 1. The highest BCUT2D eigenvalue weighted by molar-refractivity contribution is 5.93.